The first kappa shape index (κ1) is 8.20. The highest BCUT2D eigenvalue weighted by Gasteiger charge is 1.99. The largest absolute Gasteiger partial charge is 0.325 e. The molecule has 1 heterocycles. The molecule has 0 aliphatic rings. The third-order valence-corrected chi connectivity index (χ3v) is 2.20. The lowest BCUT2D eigenvalue weighted by Crippen LogP contribution is -1.99. The second-order valence-electron chi connectivity index (χ2n) is 3.19. The summed E-state index contributed by atoms with van der Waals surface area (Å²) in [6, 6.07) is 8.33. The van der Waals surface area contributed by atoms with E-state index in [2.05, 4.69) is 30.1 Å². The van der Waals surface area contributed by atoms with Crippen LogP contribution >= 0.6 is 0 Å². The zero-order valence-electron chi connectivity index (χ0n) is 7.62. The van der Waals surface area contributed by atoms with Crippen LogP contribution in [0.3, 0.4) is 0 Å². The molecule has 2 aromatic rings. The van der Waals surface area contributed by atoms with Crippen molar-refractivity contribution in [3.63, 3.8) is 0 Å². The van der Waals surface area contributed by atoms with Crippen molar-refractivity contribution in [2.75, 3.05) is 0 Å². The lowest BCUT2D eigenvalue weighted by atomic mass is 10.1. The minimum Gasteiger partial charge on any atom is -0.325 e. The van der Waals surface area contributed by atoms with Crippen molar-refractivity contribution in [3.8, 4) is 0 Å². The summed E-state index contributed by atoms with van der Waals surface area (Å²) in [6.07, 6.45) is 1.81. The van der Waals surface area contributed by atoms with Gasteiger partial charge >= 0.3 is 0 Å². The Hall–Kier alpha value is -1.41. The Balaban J connectivity index is 2.77. The Morgan fingerprint density at radius 1 is 1.31 bits per heavy atom. The molecule has 0 spiro atoms. The number of benzene rings is 1. The average Bonchev–Trinajstić information content (AvgIpc) is 2.16. The van der Waals surface area contributed by atoms with Gasteiger partial charge in [-0.05, 0) is 18.4 Å². The van der Waals surface area contributed by atoms with E-state index in [9.17, 15) is 0 Å². The SMILES string of the molecule is Cc1ccc2c(CN)nccc2c1. The summed E-state index contributed by atoms with van der Waals surface area (Å²) in [6.45, 7) is 2.59. The molecule has 2 N–H and O–H groups in total. The first-order chi connectivity index (χ1) is 6.31. The van der Waals surface area contributed by atoms with E-state index in [4.69, 9.17) is 5.73 Å². The highest BCUT2D eigenvalue weighted by Crippen LogP contribution is 2.17. The predicted octanol–water partition coefficient (Wildman–Crippen LogP) is 2.00. The lowest BCUT2D eigenvalue weighted by molar-refractivity contribution is 1.01. The van der Waals surface area contributed by atoms with Crippen LogP contribution in [-0.4, -0.2) is 4.98 Å². The summed E-state index contributed by atoms with van der Waals surface area (Å²) in [4.78, 5) is 4.23. The second-order valence-corrected chi connectivity index (χ2v) is 3.19. The monoisotopic (exact) mass is 172 g/mol. The van der Waals surface area contributed by atoms with Crippen LogP contribution in [0.2, 0.25) is 0 Å². The van der Waals surface area contributed by atoms with Crippen molar-refractivity contribution in [2.45, 2.75) is 13.5 Å². The molecule has 0 amide bonds. The number of rotatable bonds is 1. The second kappa shape index (κ2) is 3.15. The van der Waals surface area contributed by atoms with Crippen molar-refractivity contribution in [1.29, 1.82) is 0 Å². The Labute approximate surface area is 77.4 Å². The first-order valence-corrected chi connectivity index (χ1v) is 4.35. The molecule has 1 aromatic heterocycles. The van der Waals surface area contributed by atoms with Gasteiger partial charge < -0.3 is 5.73 Å². The molecule has 13 heavy (non-hydrogen) atoms. The Bertz CT molecular complexity index is 435. The predicted molar refractivity (Wildman–Crippen MR) is 54.4 cm³/mol. The van der Waals surface area contributed by atoms with Gasteiger partial charge in [0, 0.05) is 18.1 Å². The molecular weight excluding hydrogens is 160 g/mol. The first-order valence-electron chi connectivity index (χ1n) is 4.35. The number of hydrogen-bond donors (Lipinski definition) is 1. The molecular formula is C11H12N2. The van der Waals surface area contributed by atoms with Gasteiger partial charge in [-0.3, -0.25) is 4.98 Å². The van der Waals surface area contributed by atoms with Gasteiger partial charge in [-0.2, -0.15) is 0 Å². The molecule has 0 aliphatic carbocycles. The summed E-state index contributed by atoms with van der Waals surface area (Å²) >= 11 is 0. The fourth-order valence-corrected chi connectivity index (χ4v) is 1.52. The van der Waals surface area contributed by atoms with Crippen molar-refractivity contribution in [1.82, 2.24) is 4.98 Å². The van der Waals surface area contributed by atoms with Crippen molar-refractivity contribution < 1.29 is 0 Å². The van der Waals surface area contributed by atoms with E-state index in [1.165, 1.54) is 10.9 Å². The molecule has 0 saturated carbocycles. The number of nitrogens with zero attached hydrogens (tertiary/aromatic N) is 1. The summed E-state index contributed by atoms with van der Waals surface area (Å²) in [5, 5.41) is 2.38. The van der Waals surface area contributed by atoms with E-state index in [0.29, 0.717) is 6.54 Å². The van der Waals surface area contributed by atoms with Gasteiger partial charge in [0.15, 0.2) is 0 Å². The van der Waals surface area contributed by atoms with Gasteiger partial charge in [0.05, 0.1) is 5.69 Å². The molecule has 2 rings (SSSR count). The van der Waals surface area contributed by atoms with E-state index in [1.807, 2.05) is 12.3 Å². The minimum absolute atomic E-state index is 0.500. The number of pyridine rings is 1. The molecule has 2 nitrogen and oxygen atoms in total. The highest BCUT2D eigenvalue weighted by atomic mass is 14.7. The van der Waals surface area contributed by atoms with E-state index < -0.39 is 0 Å². The van der Waals surface area contributed by atoms with Gasteiger partial charge in [-0.15, -0.1) is 0 Å². The zero-order valence-corrected chi connectivity index (χ0v) is 7.62. The minimum atomic E-state index is 0.500. The number of nitrogens with two attached hydrogens (primary N) is 1. The fraction of sp³-hybridized carbons (Fsp3) is 0.182. The molecule has 2 heteroatoms. The summed E-state index contributed by atoms with van der Waals surface area (Å²) < 4.78 is 0. The number of aromatic nitrogens is 1. The molecule has 0 unspecified atom stereocenters. The van der Waals surface area contributed by atoms with Crippen molar-refractivity contribution in [3.05, 3.63) is 41.7 Å². The van der Waals surface area contributed by atoms with Crippen LogP contribution < -0.4 is 5.73 Å². The summed E-state index contributed by atoms with van der Waals surface area (Å²) in [5.41, 5.74) is 7.83. The van der Waals surface area contributed by atoms with E-state index in [-0.39, 0.29) is 0 Å². The van der Waals surface area contributed by atoms with Gasteiger partial charge in [0.2, 0.25) is 0 Å². The zero-order chi connectivity index (χ0) is 9.26. The van der Waals surface area contributed by atoms with E-state index in [0.717, 1.165) is 11.1 Å². The molecule has 0 fully saturated rings. The van der Waals surface area contributed by atoms with Gasteiger partial charge in [0.25, 0.3) is 0 Å². The topological polar surface area (TPSA) is 38.9 Å². The Kier molecular flexibility index (Phi) is 1.99. The molecule has 1 aromatic carbocycles. The summed E-state index contributed by atoms with van der Waals surface area (Å²) in [5.74, 6) is 0. The van der Waals surface area contributed by atoms with Crippen LogP contribution in [-0.2, 0) is 6.54 Å². The average molecular weight is 172 g/mol. The van der Waals surface area contributed by atoms with Gasteiger partial charge in [-0.25, -0.2) is 0 Å². The molecule has 0 atom stereocenters. The Morgan fingerprint density at radius 2 is 2.15 bits per heavy atom. The van der Waals surface area contributed by atoms with Crippen LogP contribution in [0.1, 0.15) is 11.3 Å². The molecule has 0 bridgehead atoms. The fourth-order valence-electron chi connectivity index (χ4n) is 1.52. The molecule has 0 aliphatic heterocycles. The molecule has 0 radical (unpaired) electrons. The van der Waals surface area contributed by atoms with Crippen LogP contribution in [0.4, 0.5) is 0 Å². The number of hydrogen-bond acceptors (Lipinski definition) is 2. The Morgan fingerprint density at radius 3 is 2.92 bits per heavy atom. The number of fused-ring (bicyclic) bond motifs is 1. The number of aryl methyl sites for hydroxylation is 1. The van der Waals surface area contributed by atoms with E-state index in [1.54, 1.807) is 0 Å². The van der Waals surface area contributed by atoms with Gasteiger partial charge in [-0.1, -0.05) is 23.8 Å². The summed E-state index contributed by atoms with van der Waals surface area (Å²) in [7, 11) is 0. The molecule has 66 valence electrons. The van der Waals surface area contributed by atoms with Crippen LogP contribution in [0, 0.1) is 6.92 Å². The highest BCUT2D eigenvalue weighted by molar-refractivity contribution is 5.84. The van der Waals surface area contributed by atoms with Crippen LogP contribution in [0.15, 0.2) is 30.5 Å². The lowest BCUT2D eigenvalue weighted by Gasteiger charge is -2.03. The molecule has 0 saturated heterocycles. The van der Waals surface area contributed by atoms with Crippen LogP contribution in [0.25, 0.3) is 10.8 Å². The quantitative estimate of drug-likeness (QED) is 0.714. The third-order valence-electron chi connectivity index (χ3n) is 2.20. The van der Waals surface area contributed by atoms with Crippen LogP contribution in [0.5, 0.6) is 0 Å². The van der Waals surface area contributed by atoms with E-state index >= 15 is 0 Å². The third kappa shape index (κ3) is 1.40. The maximum Gasteiger partial charge on any atom is 0.0617 e. The maximum atomic E-state index is 5.59. The van der Waals surface area contributed by atoms with Gasteiger partial charge in [0.1, 0.15) is 0 Å². The normalized spacial score (nSPS) is 10.6. The van der Waals surface area contributed by atoms with Crippen molar-refractivity contribution in [2.24, 2.45) is 5.73 Å². The smallest absolute Gasteiger partial charge is 0.0617 e. The standard InChI is InChI=1S/C11H12N2/c1-8-2-3-10-9(6-8)4-5-13-11(10)7-12/h2-6H,7,12H2,1H3. The maximum absolute atomic E-state index is 5.59. The van der Waals surface area contributed by atoms with Crippen molar-refractivity contribution >= 4 is 10.8 Å².